The van der Waals surface area contributed by atoms with Crippen LogP contribution in [0.1, 0.15) is 36.0 Å². The van der Waals surface area contributed by atoms with Crippen molar-refractivity contribution in [3.05, 3.63) is 60.7 Å². The molecule has 230 valence electrons. The number of nitrogens with two attached hydrogens (primary N) is 1. The molecule has 2 saturated heterocycles. The molecule has 1 amide bonds. The average Bonchev–Trinajstić information content (AvgIpc) is 3.41. The first kappa shape index (κ1) is 26.9. The van der Waals surface area contributed by atoms with E-state index in [-0.39, 0.29) is 18.0 Å². The van der Waals surface area contributed by atoms with E-state index in [9.17, 15) is 4.79 Å². The van der Waals surface area contributed by atoms with Crippen LogP contribution in [-0.2, 0) is 13.1 Å². The number of aromatic nitrogens is 6. The van der Waals surface area contributed by atoms with Gasteiger partial charge in [-0.3, -0.25) is 4.79 Å². The van der Waals surface area contributed by atoms with E-state index in [4.69, 9.17) is 20.4 Å². The van der Waals surface area contributed by atoms with Crippen LogP contribution in [0.25, 0.3) is 33.6 Å². The molecule has 4 aliphatic rings. The third-order valence-electron chi connectivity index (χ3n) is 10.5. The molecule has 1 aromatic carbocycles. The number of rotatable bonds is 8. The highest BCUT2D eigenvalue weighted by atomic mass is 16.5. The van der Waals surface area contributed by atoms with E-state index in [2.05, 4.69) is 36.1 Å². The predicted octanol–water partition coefficient (Wildman–Crippen LogP) is 3.96. The summed E-state index contributed by atoms with van der Waals surface area (Å²) in [7, 11) is 1.68. The number of benzene rings is 1. The standard InChI is InChI=1S/C34H37N9O2/c1-45-28-13-24(34(44)42-18-23-6-7-26(42)30(23)35)11-25-31(28)43(17-21-14-40(15-21)29-8-10-36-19-38-29)33(39-25)27-12-22-3-2-9-37-32(22)41(27)16-20-4-5-20/h2-3,8-13,19-21,23,26,30H,4-7,14-18,35H2,1H3/t23-,26-,30-/m1/s1. The molecule has 6 heterocycles. The number of carbonyl (C=O) groups excluding carboxylic acids is 1. The molecule has 9 rings (SSSR count). The fourth-order valence-electron chi connectivity index (χ4n) is 7.95. The van der Waals surface area contributed by atoms with Gasteiger partial charge in [-0.05, 0) is 73.9 Å². The minimum atomic E-state index is 0.0143. The number of methoxy groups -OCH3 is 1. The summed E-state index contributed by atoms with van der Waals surface area (Å²) in [4.78, 5) is 36.8. The third kappa shape index (κ3) is 4.39. The van der Waals surface area contributed by atoms with Crippen molar-refractivity contribution in [1.82, 2.24) is 34.0 Å². The summed E-state index contributed by atoms with van der Waals surface area (Å²) in [6, 6.07) is 12.3. The minimum absolute atomic E-state index is 0.0143. The smallest absolute Gasteiger partial charge is 0.254 e. The van der Waals surface area contributed by atoms with Crippen LogP contribution in [0.4, 0.5) is 5.82 Å². The fraction of sp³-hybridized carbons (Fsp3) is 0.441. The molecule has 0 unspecified atom stereocenters. The van der Waals surface area contributed by atoms with Crippen LogP contribution in [0.15, 0.2) is 55.1 Å². The molecule has 2 aliphatic heterocycles. The second kappa shape index (κ2) is 10.3. The molecule has 0 radical (unpaired) electrons. The lowest BCUT2D eigenvalue weighted by atomic mass is 10.00. The van der Waals surface area contributed by atoms with Crippen molar-refractivity contribution < 1.29 is 9.53 Å². The van der Waals surface area contributed by atoms with Gasteiger partial charge >= 0.3 is 0 Å². The number of likely N-dealkylation sites (tertiary alicyclic amines) is 1. The van der Waals surface area contributed by atoms with Gasteiger partial charge in [0.05, 0.1) is 18.3 Å². The van der Waals surface area contributed by atoms with Gasteiger partial charge in [-0.25, -0.2) is 19.9 Å². The fourth-order valence-corrected chi connectivity index (χ4v) is 7.95. The van der Waals surface area contributed by atoms with Crippen molar-refractivity contribution in [1.29, 1.82) is 0 Å². The van der Waals surface area contributed by atoms with E-state index in [1.165, 1.54) is 12.8 Å². The first-order valence-electron chi connectivity index (χ1n) is 16.2. The highest BCUT2D eigenvalue weighted by Gasteiger charge is 2.47. The van der Waals surface area contributed by atoms with Crippen molar-refractivity contribution in [2.45, 2.75) is 50.9 Å². The van der Waals surface area contributed by atoms with Gasteiger partial charge in [-0.2, -0.15) is 0 Å². The van der Waals surface area contributed by atoms with Crippen molar-refractivity contribution in [3.63, 3.8) is 0 Å². The van der Waals surface area contributed by atoms with E-state index >= 15 is 0 Å². The predicted molar refractivity (Wildman–Crippen MR) is 171 cm³/mol. The zero-order valence-corrected chi connectivity index (χ0v) is 25.4. The largest absolute Gasteiger partial charge is 0.494 e. The maximum Gasteiger partial charge on any atom is 0.254 e. The Morgan fingerprint density at radius 1 is 0.978 bits per heavy atom. The molecule has 11 nitrogen and oxygen atoms in total. The molecule has 0 spiro atoms. The number of hydrogen-bond acceptors (Lipinski definition) is 8. The normalized spacial score (nSPS) is 22.9. The van der Waals surface area contributed by atoms with Crippen LogP contribution in [0.3, 0.4) is 0 Å². The maximum atomic E-state index is 13.9. The molecule has 2 saturated carbocycles. The number of amides is 1. The highest BCUT2D eigenvalue weighted by Crippen LogP contribution is 2.41. The van der Waals surface area contributed by atoms with E-state index in [1.54, 1.807) is 19.6 Å². The van der Waals surface area contributed by atoms with Gasteiger partial charge in [0.1, 0.15) is 29.1 Å². The number of ether oxygens (including phenoxy) is 1. The lowest BCUT2D eigenvalue weighted by Gasteiger charge is -2.40. The quantitative estimate of drug-likeness (QED) is 0.283. The Labute approximate surface area is 261 Å². The summed E-state index contributed by atoms with van der Waals surface area (Å²) in [5.41, 5.74) is 10.8. The Morgan fingerprint density at radius 3 is 2.58 bits per heavy atom. The zero-order valence-electron chi connectivity index (χ0n) is 25.4. The van der Waals surface area contributed by atoms with Crippen LogP contribution in [0, 0.1) is 17.8 Å². The Balaban J connectivity index is 1.15. The first-order chi connectivity index (χ1) is 22.1. The second-order valence-corrected chi connectivity index (χ2v) is 13.4. The molecule has 5 aromatic rings. The van der Waals surface area contributed by atoms with Crippen molar-refractivity contribution in [2.75, 3.05) is 31.6 Å². The van der Waals surface area contributed by atoms with E-state index in [0.29, 0.717) is 29.1 Å². The molecule has 3 atom stereocenters. The van der Waals surface area contributed by atoms with Crippen LogP contribution in [-0.4, -0.2) is 78.7 Å². The molecular weight excluding hydrogens is 566 g/mol. The van der Waals surface area contributed by atoms with Gasteiger partial charge < -0.3 is 29.4 Å². The highest BCUT2D eigenvalue weighted by molar-refractivity contribution is 6.00. The van der Waals surface area contributed by atoms with Gasteiger partial charge in [-0.15, -0.1) is 0 Å². The number of anilines is 1. The van der Waals surface area contributed by atoms with Crippen LogP contribution in [0.2, 0.25) is 0 Å². The average molecular weight is 604 g/mol. The Hall–Kier alpha value is -4.51. The first-order valence-corrected chi connectivity index (χ1v) is 16.2. The van der Waals surface area contributed by atoms with Gasteiger partial charge in [0, 0.05) is 74.1 Å². The second-order valence-electron chi connectivity index (χ2n) is 13.4. The lowest BCUT2D eigenvalue weighted by molar-refractivity contribution is 0.0700. The van der Waals surface area contributed by atoms with Crippen LogP contribution >= 0.6 is 0 Å². The Morgan fingerprint density at radius 2 is 1.84 bits per heavy atom. The van der Waals surface area contributed by atoms with Crippen molar-refractivity contribution in [2.24, 2.45) is 23.5 Å². The van der Waals surface area contributed by atoms with E-state index < -0.39 is 0 Å². The number of piperidine rings is 1. The molecule has 2 N–H and O–H groups in total. The molecule has 11 heteroatoms. The molecular formula is C34H37N9O2. The van der Waals surface area contributed by atoms with E-state index in [1.807, 2.05) is 35.4 Å². The van der Waals surface area contributed by atoms with Gasteiger partial charge in [0.2, 0.25) is 0 Å². The molecule has 2 aliphatic carbocycles. The van der Waals surface area contributed by atoms with Gasteiger partial charge in [-0.1, -0.05) is 0 Å². The number of pyridine rings is 1. The van der Waals surface area contributed by atoms with Crippen molar-refractivity contribution >= 4 is 33.8 Å². The number of imidazole rings is 1. The minimum Gasteiger partial charge on any atom is -0.494 e. The summed E-state index contributed by atoms with van der Waals surface area (Å²) in [6.45, 7) is 4.19. The Bertz CT molecular complexity index is 1920. The summed E-state index contributed by atoms with van der Waals surface area (Å²) < 4.78 is 10.7. The van der Waals surface area contributed by atoms with Crippen LogP contribution in [0.5, 0.6) is 5.75 Å². The van der Waals surface area contributed by atoms with Crippen molar-refractivity contribution in [3.8, 4) is 17.3 Å². The number of nitrogens with zero attached hydrogens (tertiary/aromatic N) is 8. The molecule has 4 aromatic heterocycles. The lowest BCUT2D eigenvalue weighted by Crippen LogP contribution is -2.49. The molecule has 2 bridgehead atoms. The summed E-state index contributed by atoms with van der Waals surface area (Å²) >= 11 is 0. The zero-order chi connectivity index (χ0) is 30.2. The molecule has 4 fully saturated rings. The van der Waals surface area contributed by atoms with Crippen LogP contribution < -0.4 is 15.4 Å². The third-order valence-corrected chi connectivity index (χ3v) is 10.5. The number of carbonyl (C=O) groups is 1. The molecule has 45 heavy (non-hydrogen) atoms. The SMILES string of the molecule is COc1cc(C(=O)N2C[C@H]3CC[C@@H]2[C@@H]3N)cc2nc(-c3cc4cccnc4n3CC3CC3)n(CC3CN(c4ccncn4)C3)c12. The topological polar surface area (TPSA) is 120 Å². The number of hydrogen-bond donors (Lipinski definition) is 1. The van der Waals surface area contributed by atoms with Gasteiger partial charge in [0.15, 0.2) is 5.82 Å². The summed E-state index contributed by atoms with van der Waals surface area (Å²) in [5.74, 6) is 3.95. The summed E-state index contributed by atoms with van der Waals surface area (Å²) in [5, 5.41) is 1.11. The number of fused-ring (bicyclic) bond motifs is 4. The monoisotopic (exact) mass is 603 g/mol. The Kier molecular flexibility index (Phi) is 6.13. The van der Waals surface area contributed by atoms with E-state index in [0.717, 1.165) is 85.0 Å². The van der Waals surface area contributed by atoms with Gasteiger partial charge in [0.25, 0.3) is 5.91 Å². The maximum absolute atomic E-state index is 13.9. The summed E-state index contributed by atoms with van der Waals surface area (Å²) in [6.07, 6.45) is 9.81.